The molecule has 3 aromatic rings. The summed E-state index contributed by atoms with van der Waals surface area (Å²) in [5, 5.41) is 5.45. The van der Waals surface area contributed by atoms with Crippen molar-refractivity contribution in [1.82, 2.24) is 25.3 Å². The van der Waals surface area contributed by atoms with Crippen LogP contribution in [0.2, 0.25) is 0 Å². The largest absolute Gasteiger partial charge is 0.496 e. The number of hydrogen-bond acceptors (Lipinski definition) is 9. The van der Waals surface area contributed by atoms with E-state index in [2.05, 4.69) is 20.7 Å². The summed E-state index contributed by atoms with van der Waals surface area (Å²) < 4.78 is 25.7. The highest BCUT2D eigenvalue weighted by atomic mass is 32.1. The average Bonchev–Trinajstić information content (AvgIpc) is 3.46. The van der Waals surface area contributed by atoms with Crippen LogP contribution in [0.3, 0.4) is 0 Å². The van der Waals surface area contributed by atoms with E-state index in [1.807, 2.05) is 40.1 Å². The molecule has 4 heterocycles. The van der Waals surface area contributed by atoms with E-state index in [-0.39, 0.29) is 18.0 Å². The molecule has 2 aliphatic heterocycles. The summed E-state index contributed by atoms with van der Waals surface area (Å²) in [4.78, 5) is 24.6. The Kier molecular flexibility index (Phi) is 7.15. The van der Waals surface area contributed by atoms with E-state index in [0.29, 0.717) is 31.3 Å². The molecule has 1 amide bonds. The Morgan fingerprint density at radius 2 is 2.03 bits per heavy atom. The molecule has 202 valence electrons. The number of anilines is 1. The lowest BCUT2D eigenvalue weighted by Gasteiger charge is -2.37. The average molecular weight is 541 g/mol. The van der Waals surface area contributed by atoms with Crippen LogP contribution in [0.15, 0.2) is 36.3 Å². The number of nitrogens with one attached hydrogen (secondary N) is 2. The highest BCUT2D eigenvalue weighted by Gasteiger charge is 2.30. The maximum Gasteiger partial charge on any atom is 0.410 e. The van der Waals surface area contributed by atoms with Gasteiger partial charge in [-0.2, -0.15) is 0 Å². The molecule has 9 nitrogen and oxygen atoms in total. The van der Waals surface area contributed by atoms with Gasteiger partial charge in [-0.25, -0.2) is 24.6 Å². The van der Waals surface area contributed by atoms with Crippen molar-refractivity contribution in [3.63, 3.8) is 0 Å². The van der Waals surface area contributed by atoms with Crippen molar-refractivity contribution in [3.8, 4) is 16.9 Å². The molecule has 1 fully saturated rings. The molecule has 1 saturated heterocycles. The lowest BCUT2D eigenvalue weighted by atomic mass is 10.0. The quantitative estimate of drug-likeness (QED) is 0.451. The Morgan fingerprint density at radius 3 is 2.74 bits per heavy atom. The topological polar surface area (TPSA) is 91.9 Å². The van der Waals surface area contributed by atoms with Gasteiger partial charge in [0.1, 0.15) is 17.2 Å². The fourth-order valence-electron chi connectivity index (χ4n) is 4.80. The number of aromatic nitrogens is 2. The molecule has 0 saturated carbocycles. The Bertz CT molecular complexity index is 1380. The summed E-state index contributed by atoms with van der Waals surface area (Å²) in [5.41, 5.74) is 6.39. The number of halogens is 1. The molecule has 38 heavy (non-hydrogen) atoms. The standard InChI is InChI=1S/C27H33FN6O3S/c1-16-23(20-7-6-17(28)12-21(20)36-5)24-22(38-16)14-29-25(32-24)31-18-13-30-34(15-18)19-8-10-33(11-9-19)26(35)37-27(2,3)4/h6-7,12,14-15,19,30H,8-11,13H2,1-5H3,(H,29,31,32). The van der Waals surface area contributed by atoms with Crippen LogP contribution < -0.4 is 15.5 Å². The van der Waals surface area contributed by atoms with Gasteiger partial charge in [0.05, 0.1) is 35.8 Å². The lowest BCUT2D eigenvalue weighted by molar-refractivity contribution is 0.0151. The maximum absolute atomic E-state index is 13.8. The number of ether oxygens (including phenoxy) is 2. The Labute approximate surface area is 225 Å². The van der Waals surface area contributed by atoms with E-state index in [4.69, 9.17) is 14.5 Å². The van der Waals surface area contributed by atoms with Crippen LogP contribution in [0.4, 0.5) is 15.1 Å². The highest BCUT2D eigenvalue weighted by Crippen LogP contribution is 2.41. The van der Waals surface area contributed by atoms with Crippen molar-refractivity contribution >= 4 is 33.6 Å². The smallest absolute Gasteiger partial charge is 0.410 e. The van der Waals surface area contributed by atoms with Gasteiger partial charge in [-0.3, -0.25) is 0 Å². The molecule has 5 rings (SSSR count). The molecule has 0 bridgehead atoms. The van der Waals surface area contributed by atoms with E-state index >= 15 is 0 Å². The molecule has 0 atom stereocenters. The van der Waals surface area contributed by atoms with Gasteiger partial charge >= 0.3 is 6.09 Å². The summed E-state index contributed by atoms with van der Waals surface area (Å²) in [6.07, 6.45) is 5.29. The number of hydrazine groups is 1. The van der Waals surface area contributed by atoms with Gasteiger partial charge in [0.2, 0.25) is 5.95 Å². The molecule has 1 aromatic carbocycles. The second-order valence-electron chi connectivity index (χ2n) is 10.5. The minimum atomic E-state index is -0.494. The van der Waals surface area contributed by atoms with Crippen LogP contribution in [0.25, 0.3) is 21.3 Å². The second-order valence-corrected chi connectivity index (χ2v) is 11.8. The van der Waals surface area contributed by atoms with E-state index in [9.17, 15) is 9.18 Å². The molecule has 2 N–H and O–H groups in total. The van der Waals surface area contributed by atoms with E-state index in [1.165, 1.54) is 19.2 Å². The molecule has 0 spiro atoms. The van der Waals surface area contributed by atoms with Crippen molar-refractivity contribution < 1.29 is 18.7 Å². The van der Waals surface area contributed by atoms with Crippen LogP contribution >= 0.6 is 11.3 Å². The second kappa shape index (κ2) is 10.4. The molecule has 0 aliphatic carbocycles. The first-order chi connectivity index (χ1) is 18.1. The fraction of sp³-hybridized carbons (Fsp3) is 0.444. The summed E-state index contributed by atoms with van der Waals surface area (Å²) in [7, 11) is 1.54. The number of amides is 1. The SMILES string of the molecule is COc1cc(F)ccc1-c1c(C)sc2cnc(NC3=CN(C4CCN(C(=O)OC(C)(C)C)CC4)NC3)nc12. The van der Waals surface area contributed by atoms with Gasteiger partial charge in [-0.05, 0) is 52.7 Å². The van der Waals surface area contributed by atoms with Gasteiger partial charge in [-0.15, -0.1) is 11.3 Å². The molecular weight excluding hydrogens is 507 g/mol. The minimum absolute atomic E-state index is 0.253. The third kappa shape index (κ3) is 5.53. The summed E-state index contributed by atoms with van der Waals surface area (Å²) in [6.45, 7) is 9.59. The number of hydrogen-bond donors (Lipinski definition) is 2. The van der Waals surface area contributed by atoms with Gasteiger partial charge in [0.25, 0.3) is 0 Å². The molecule has 0 radical (unpaired) electrons. The number of methoxy groups -OCH3 is 1. The first kappa shape index (κ1) is 26.2. The van der Waals surface area contributed by atoms with E-state index < -0.39 is 5.60 Å². The van der Waals surface area contributed by atoms with Gasteiger partial charge in [0.15, 0.2) is 0 Å². The molecule has 2 aliphatic rings. The third-order valence-electron chi connectivity index (χ3n) is 6.57. The van der Waals surface area contributed by atoms with E-state index in [1.54, 1.807) is 22.3 Å². The monoisotopic (exact) mass is 540 g/mol. The minimum Gasteiger partial charge on any atom is -0.496 e. The highest BCUT2D eigenvalue weighted by molar-refractivity contribution is 7.19. The zero-order chi connectivity index (χ0) is 27.0. The Morgan fingerprint density at radius 1 is 1.26 bits per heavy atom. The zero-order valence-corrected chi connectivity index (χ0v) is 23.1. The predicted molar refractivity (Wildman–Crippen MR) is 146 cm³/mol. The molecule has 11 heteroatoms. The number of carbonyl (C=O) groups excluding carboxylic acids is 1. The third-order valence-corrected chi connectivity index (χ3v) is 7.60. The number of rotatable bonds is 5. The summed E-state index contributed by atoms with van der Waals surface area (Å²) >= 11 is 1.60. The van der Waals surface area contributed by atoms with Crippen LogP contribution in [-0.4, -0.2) is 64.4 Å². The van der Waals surface area contributed by atoms with Crippen LogP contribution in [-0.2, 0) is 4.74 Å². The normalized spacial score (nSPS) is 16.6. The maximum atomic E-state index is 13.8. The van der Waals surface area contributed by atoms with Crippen LogP contribution in [0.1, 0.15) is 38.5 Å². The number of fused-ring (bicyclic) bond motifs is 1. The number of nitrogens with zero attached hydrogens (tertiary/aromatic N) is 4. The molecular formula is C27H33FN6O3S. The predicted octanol–water partition coefficient (Wildman–Crippen LogP) is 5.29. The number of likely N-dealkylation sites (tertiary alicyclic amines) is 1. The summed E-state index contributed by atoms with van der Waals surface area (Å²) in [5.74, 6) is 0.616. The number of aryl methyl sites for hydroxylation is 1. The van der Waals surface area contributed by atoms with Gasteiger partial charge in [-0.1, -0.05) is 0 Å². The van der Waals surface area contributed by atoms with Gasteiger partial charge in [0, 0.05) is 47.4 Å². The molecule has 0 unspecified atom stereocenters. The number of benzene rings is 1. The van der Waals surface area contributed by atoms with Crippen molar-refractivity contribution in [3.05, 3.63) is 47.0 Å². The zero-order valence-electron chi connectivity index (χ0n) is 22.3. The van der Waals surface area contributed by atoms with Crippen molar-refractivity contribution in [1.29, 1.82) is 0 Å². The first-order valence-electron chi connectivity index (χ1n) is 12.7. The Balaban J connectivity index is 1.28. The number of piperidine rings is 1. The Hall–Kier alpha value is -3.44. The van der Waals surface area contributed by atoms with Crippen molar-refractivity contribution in [2.75, 3.05) is 32.1 Å². The summed E-state index contributed by atoms with van der Waals surface area (Å²) in [6, 6.07) is 4.82. The van der Waals surface area contributed by atoms with Crippen LogP contribution in [0, 0.1) is 12.7 Å². The number of thiophene rings is 1. The van der Waals surface area contributed by atoms with E-state index in [0.717, 1.165) is 44.8 Å². The van der Waals surface area contributed by atoms with Gasteiger partial charge < -0.3 is 24.7 Å². The lowest BCUT2D eigenvalue weighted by Crippen LogP contribution is -2.48. The molecule has 2 aromatic heterocycles. The number of carbonyl (C=O) groups is 1. The van der Waals surface area contributed by atoms with Crippen LogP contribution in [0.5, 0.6) is 5.75 Å². The first-order valence-corrected chi connectivity index (χ1v) is 13.5. The van der Waals surface area contributed by atoms with Crippen molar-refractivity contribution in [2.24, 2.45) is 0 Å². The van der Waals surface area contributed by atoms with Crippen molar-refractivity contribution in [2.45, 2.75) is 52.2 Å². The fourth-order valence-corrected chi connectivity index (χ4v) is 5.79.